The van der Waals surface area contributed by atoms with Gasteiger partial charge in [-0.05, 0) is 37.4 Å². The average molecular weight is 257 g/mol. The molecule has 0 aliphatic heterocycles. The Balaban J connectivity index is 1.50. The molecule has 0 fully saturated rings. The van der Waals surface area contributed by atoms with Gasteiger partial charge in [0.15, 0.2) is 0 Å². The number of rotatable bonds is 8. The van der Waals surface area contributed by atoms with E-state index in [0.717, 1.165) is 19.5 Å². The third-order valence-corrected chi connectivity index (χ3v) is 3.39. The van der Waals surface area contributed by atoms with Crippen LogP contribution in [0.1, 0.15) is 24.1 Å². The lowest BCUT2D eigenvalue weighted by Gasteiger charge is -2.05. The Morgan fingerprint density at radius 1 is 1.00 bits per heavy atom. The highest BCUT2D eigenvalue weighted by Crippen LogP contribution is 2.03. The van der Waals surface area contributed by atoms with E-state index in [4.69, 9.17) is 0 Å². The summed E-state index contributed by atoms with van der Waals surface area (Å²) < 4.78 is 1.94. The summed E-state index contributed by atoms with van der Waals surface area (Å²) in [4.78, 5) is 0. The lowest BCUT2D eigenvalue weighted by atomic mass is 10.1. The molecule has 0 bridgehead atoms. The van der Waals surface area contributed by atoms with Gasteiger partial charge in [0.05, 0.1) is 0 Å². The number of hydrogen-bond acceptors (Lipinski definition) is 2. The van der Waals surface area contributed by atoms with E-state index in [0.29, 0.717) is 0 Å². The van der Waals surface area contributed by atoms with Gasteiger partial charge in [-0.1, -0.05) is 30.3 Å². The van der Waals surface area contributed by atoms with Gasteiger partial charge in [0.25, 0.3) is 0 Å². The molecule has 0 amide bonds. The molecule has 0 saturated heterocycles. The van der Waals surface area contributed by atoms with Gasteiger partial charge in [-0.15, -0.1) is 0 Å². The molecule has 1 N–H and O–H groups in total. The third kappa shape index (κ3) is 4.87. The maximum absolute atomic E-state index is 4.17. The van der Waals surface area contributed by atoms with E-state index in [1.54, 1.807) is 0 Å². The van der Waals surface area contributed by atoms with Gasteiger partial charge in [0.1, 0.15) is 0 Å². The second-order valence-corrected chi connectivity index (χ2v) is 4.89. The number of aromatic nitrogens is 2. The normalized spacial score (nSPS) is 10.8. The predicted octanol–water partition coefficient (Wildman–Crippen LogP) is 2.58. The zero-order valence-electron chi connectivity index (χ0n) is 11.7. The molecule has 0 radical (unpaired) electrons. The summed E-state index contributed by atoms with van der Waals surface area (Å²) >= 11 is 0. The lowest BCUT2D eigenvalue weighted by molar-refractivity contribution is 0.606. The molecule has 0 aliphatic carbocycles. The molecule has 3 nitrogen and oxygen atoms in total. The minimum Gasteiger partial charge on any atom is -0.316 e. The van der Waals surface area contributed by atoms with Gasteiger partial charge in [-0.2, -0.15) is 5.10 Å². The van der Waals surface area contributed by atoms with E-state index < -0.39 is 0 Å². The molecule has 0 aliphatic rings. The zero-order chi connectivity index (χ0) is 13.3. The maximum Gasteiger partial charge on any atom is 0.0492 e. The number of benzene rings is 1. The molecular weight excluding hydrogens is 234 g/mol. The van der Waals surface area contributed by atoms with Crippen molar-refractivity contribution >= 4 is 0 Å². The van der Waals surface area contributed by atoms with Gasteiger partial charge < -0.3 is 5.32 Å². The van der Waals surface area contributed by atoms with Crippen LogP contribution in [0.15, 0.2) is 42.6 Å². The largest absolute Gasteiger partial charge is 0.316 e. The summed E-state index contributed by atoms with van der Waals surface area (Å²) in [7, 11) is 2.00. The first-order valence-electron chi connectivity index (χ1n) is 7.08. The predicted molar refractivity (Wildman–Crippen MR) is 79.2 cm³/mol. The second kappa shape index (κ2) is 7.74. The minimum atomic E-state index is 1.03. The van der Waals surface area contributed by atoms with Crippen LogP contribution in [0.2, 0.25) is 0 Å². The quantitative estimate of drug-likeness (QED) is 0.737. The Morgan fingerprint density at radius 3 is 2.58 bits per heavy atom. The summed E-state index contributed by atoms with van der Waals surface area (Å²) in [6.45, 7) is 2.13. The molecule has 0 unspecified atom stereocenters. The van der Waals surface area contributed by atoms with Crippen LogP contribution in [0.25, 0.3) is 0 Å². The van der Waals surface area contributed by atoms with Crippen LogP contribution in [-0.2, 0) is 19.9 Å². The molecular formula is C16H23N3. The van der Waals surface area contributed by atoms with Gasteiger partial charge in [-0.25, -0.2) is 0 Å². The lowest BCUT2D eigenvalue weighted by Crippen LogP contribution is -2.19. The molecule has 2 aromatic rings. The van der Waals surface area contributed by atoms with Crippen molar-refractivity contribution in [3.05, 3.63) is 53.9 Å². The molecule has 2 rings (SSSR count). The van der Waals surface area contributed by atoms with Crippen molar-refractivity contribution in [2.75, 3.05) is 13.1 Å². The highest BCUT2D eigenvalue weighted by molar-refractivity contribution is 5.14. The summed E-state index contributed by atoms with van der Waals surface area (Å²) in [6, 6.07) is 12.8. The van der Waals surface area contributed by atoms with E-state index in [2.05, 4.69) is 46.8 Å². The SMILES string of the molecule is Cn1nccc1CCNCCCCc1ccccc1. The summed E-state index contributed by atoms with van der Waals surface area (Å²) in [5.41, 5.74) is 2.73. The van der Waals surface area contributed by atoms with Crippen LogP contribution >= 0.6 is 0 Å². The maximum atomic E-state index is 4.17. The topological polar surface area (TPSA) is 29.9 Å². The van der Waals surface area contributed by atoms with Crippen LogP contribution in [-0.4, -0.2) is 22.9 Å². The Kier molecular flexibility index (Phi) is 5.63. The number of unbranched alkanes of at least 4 members (excludes halogenated alkanes) is 1. The minimum absolute atomic E-state index is 1.03. The number of hydrogen-bond donors (Lipinski definition) is 1. The molecule has 1 aromatic carbocycles. The van der Waals surface area contributed by atoms with Gasteiger partial charge >= 0.3 is 0 Å². The highest BCUT2D eigenvalue weighted by atomic mass is 15.3. The first-order chi connectivity index (χ1) is 9.36. The Hall–Kier alpha value is -1.61. The molecule has 3 heteroatoms. The van der Waals surface area contributed by atoms with Crippen molar-refractivity contribution < 1.29 is 0 Å². The highest BCUT2D eigenvalue weighted by Gasteiger charge is 1.97. The fourth-order valence-electron chi connectivity index (χ4n) is 2.21. The summed E-state index contributed by atoms with van der Waals surface area (Å²) in [5, 5.41) is 7.66. The Morgan fingerprint density at radius 2 is 1.84 bits per heavy atom. The van der Waals surface area contributed by atoms with Crippen LogP contribution < -0.4 is 5.32 Å². The first kappa shape index (κ1) is 13.8. The van der Waals surface area contributed by atoms with Crippen molar-refractivity contribution in [1.29, 1.82) is 0 Å². The standard InChI is InChI=1S/C16H23N3/c1-19-16(11-14-18-19)10-13-17-12-6-5-9-15-7-3-2-4-8-15/h2-4,7-8,11,14,17H,5-6,9-10,12-13H2,1H3. The average Bonchev–Trinajstić information content (AvgIpc) is 2.84. The van der Waals surface area contributed by atoms with Crippen LogP contribution in [0.5, 0.6) is 0 Å². The second-order valence-electron chi connectivity index (χ2n) is 4.89. The zero-order valence-corrected chi connectivity index (χ0v) is 11.7. The van der Waals surface area contributed by atoms with Crippen molar-refractivity contribution in [1.82, 2.24) is 15.1 Å². The molecule has 0 spiro atoms. The molecule has 102 valence electrons. The molecule has 1 aromatic heterocycles. The third-order valence-electron chi connectivity index (χ3n) is 3.39. The van der Waals surface area contributed by atoms with Gasteiger partial charge in [-0.3, -0.25) is 4.68 Å². The van der Waals surface area contributed by atoms with Crippen molar-refractivity contribution in [3.8, 4) is 0 Å². The fraction of sp³-hybridized carbons (Fsp3) is 0.438. The Labute approximate surface area is 115 Å². The van der Waals surface area contributed by atoms with Crippen molar-refractivity contribution in [3.63, 3.8) is 0 Å². The van der Waals surface area contributed by atoms with Crippen LogP contribution in [0, 0.1) is 0 Å². The molecule has 1 heterocycles. The van der Waals surface area contributed by atoms with Crippen LogP contribution in [0.3, 0.4) is 0 Å². The van der Waals surface area contributed by atoms with Gasteiger partial charge in [0, 0.05) is 31.9 Å². The first-order valence-corrected chi connectivity index (χ1v) is 7.08. The number of aryl methyl sites for hydroxylation is 2. The van der Waals surface area contributed by atoms with E-state index >= 15 is 0 Å². The molecule has 19 heavy (non-hydrogen) atoms. The fourth-order valence-corrected chi connectivity index (χ4v) is 2.21. The van der Waals surface area contributed by atoms with E-state index in [1.165, 1.54) is 30.5 Å². The van der Waals surface area contributed by atoms with E-state index in [-0.39, 0.29) is 0 Å². The smallest absolute Gasteiger partial charge is 0.0492 e. The number of nitrogens with one attached hydrogen (secondary N) is 1. The van der Waals surface area contributed by atoms with Crippen molar-refractivity contribution in [2.45, 2.75) is 25.7 Å². The van der Waals surface area contributed by atoms with E-state index in [9.17, 15) is 0 Å². The Bertz CT molecular complexity index is 462. The molecule has 0 atom stereocenters. The number of nitrogens with zero attached hydrogens (tertiary/aromatic N) is 2. The summed E-state index contributed by atoms with van der Waals surface area (Å²) in [5.74, 6) is 0. The summed E-state index contributed by atoms with van der Waals surface area (Å²) in [6.07, 6.45) is 6.58. The van der Waals surface area contributed by atoms with Crippen LogP contribution in [0.4, 0.5) is 0 Å². The monoisotopic (exact) mass is 257 g/mol. The van der Waals surface area contributed by atoms with Crippen molar-refractivity contribution in [2.24, 2.45) is 7.05 Å². The molecule has 0 saturated carbocycles. The van der Waals surface area contributed by atoms with E-state index in [1.807, 2.05) is 17.9 Å². The van der Waals surface area contributed by atoms with Gasteiger partial charge in [0.2, 0.25) is 0 Å².